The zero-order valence-corrected chi connectivity index (χ0v) is 16.9. The minimum atomic E-state index is -0.572. The number of rotatable bonds is 8. The van der Waals surface area contributed by atoms with E-state index in [1.54, 1.807) is 39.2 Å². The van der Waals surface area contributed by atoms with Crippen molar-refractivity contribution in [3.63, 3.8) is 0 Å². The monoisotopic (exact) mass is 384 g/mol. The Balaban J connectivity index is 2.30. The molecule has 1 atom stereocenters. The summed E-state index contributed by atoms with van der Waals surface area (Å²) in [6.45, 7) is 4.17. The van der Waals surface area contributed by atoms with Crippen LogP contribution in [-0.2, 0) is 11.4 Å². The molecule has 28 heavy (non-hydrogen) atoms. The number of hydrogen-bond acceptors (Lipinski definition) is 4. The molecule has 0 aliphatic carbocycles. The molecule has 0 spiro atoms. The summed E-state index contributed by atoms with van der Waals surface area (Å²) in [5, 5.41) is 12.2. The minimum Gasteiger partial charge on any atom is -0.493 e. The lowest BCUT2D eigenvalue weighted by molar-refractivity contribution is -0.124. The first kappa shape index (κ1) is 21.4. The van der Waals surface area contributed by atoms with Crippen LogP contribution in [0.25, 0.3) is 11.1 Å². The molecule has 0 aliphatic rings. The first-order valence-corrected chi connectivity index (χ1v) is 9.38. The maximum absolute atomic E-state index is 12.8. The summed E-state index contributed by atoms with van der Waals surface area (Å²) < 4.78 is 5.66. The quantitative estimate of drug-likeness (QED) is 0.734. The molecule has 0 saturated carbocycles. The van der Waals surface area contributed by atoms with E-state index >= 15 is 0 Å². The molecule has 2 rings (SSSR count). The second-order valence-corrected chi connectivity index (χ2v) is 6.62. The van der Waals surface area contributed by atoms with Gasteiger partial charge in [0.1, 0.15) is 11.8 Å². The molecule has 6 nitrogen and oxygen atoms in total. The Kier molecular flexibility index (Phi) is 7.58. The molecule has 1 unspecified atom stereocenters. The summed E-state index contributed by atoms with van der Waals surface area (Å²) in [5.74, 6) is 0.213. The van der Waals surface area contributed by atoms with Crippen molar-refractivity contribution in [3.05, 3.63) is 53.6 Å². The van der Waals surface area contributed by atoms with Crippen LogP contribution in [0.15, 0.2) is 42.5 Å². The van der Waals surface area contributed by atoms with E-state index in [-0.39, 0.29) is 18.4 Å². The van der Waals surface area contributed by atoms with Gasteiger partial charge in [0, 0.05) is 25.2 Å². The SMILES string of the molecule is CCCOc1ccc(-c2cccc(C(=O)N(C)C(C)C(=O)NC)c2)cc1CO. The second-order valence-electron chi connectivity index (χ2n) is 6.62. The van der Waals surface area contributed by atoms with E-state index in [0.29, 0.717) is 23.5 Å². The Bertz CT molecular complexity index is 835. The van der Waals surface area contributed by atoms with Gasteiger partial charge in [0.05, 0.1) is 13.2 Å². The van der Waals surface area contributed by atoms with Gasteiger partial charge in [0.15, 0.2) is 0 Å². The summed E-state index contributed by atoms with van der Waals surface area (Å²) in [6.07, 6.45) is 0.888. The fourth-order valence-electron chi connectivity index (χ4n) is 2.83. The number of nitrogens with zero attached hydrogens (tertiary/aromatic N) is 1. The van der Waals surface area contributed by atoms with E-state index in [9.17, 15) is 14.7 Å². The van der Waals surface area contributed by atoms with Crippen molar-refractivity contribution < 1.29 is 19.4 Å². The molecule has 0 saturated heterocycles. The summed E-state index contributed by atoms with van der Waals surface area (Å²) in [4.78, 5) is 26.0. The molecular formula is C22H28N2O4. The van der Waals surface area contributed by atoms with Crippen molar-refractivity contribution in [2.24, 2.45) is 0 Å². The van der Waals surface area contributed by atoms with Gasteiger partial charge < -0.3 is 20.1 Å². The summed E-state index contributed by atoms with van der Waals surface area (Å²) in [6, 6.07) is 12.3. The Hall–Kier alpha value is -2.86. The molecule has 0 bridgehead atoms. The van der Waals surface area contributed by atoms with E-state index < -0.39 is 6.04 Å². The van der Waals surface area contributed by atoms with Gasteiger partial charge in [-0.3, -0.25) is 9.59 Å². The standard InChI is InChI=1S/C22H28N2O4/c1-5-11-28-20-10-9-17(13-19(20)14-25)16-7-6-8-18(12-16)22(27)24(4)15(2)21(26)23-3/h6-10,12-13,15,25H,5,11,14H2,1-4H3,(H,23,26). The third-order valence-electron chi connectivity index (χ3n) is 4.66. The lowest BCUT2D eigenvalue weighted by atomic mass is 10.00. The van der Waals surface area contributed by atoms with Crippen LogP contribution in [0, 0.1) is 0 Å². The summed E-state index contributed by atoms with van der Waals surface area (Å²) in [7, 11) is 3.16. The molecule has 6 heteroatoms. The van der Waals surface area contributed by atoms with Crippen molar-refractivity contribution in [1.29, 1.82) is 0 Å². The second kappa shape index (κ2) is 9.90. The number of hydrogen-bond donors (Lipinski definition) is 2. The molecule has 150 valence electrons. The highest BCUT2D eigenvalue weighted by atomic mass is 16.5. The number of benzene rings is 2. The summed E-state index contributed by atoms with van der Waals surface area (Å²) in [5.41, 5.74) is 2.92. The van der Waals surface area contributed by atoms with Crippen molar-refractivity contribution in [2.45, 2.75) is 32.9 Å². The van der Waals surface area contributed by atoms with Gasteiger partial charge in [-0.25, -0.2) is 0 Å². The van der Waals surface area contributed by atoms with Gasteiger partial charge in [-0.05, 0) is 48.7 Å². The van der Waals surface area contributed by atoms with Gasteiger partial charge in [-0.2, -0.15) is 0 Å². The highest BCUT2D eigenvalue weighted by molar-refractivity contribution is 5.98. The molecule has 2 amide bonds. The number of ether oxygens (including phenoxy) is 1. The van der Waals surface area contributed by atoms with Crippen LogP contribution in [0.3, 0.4) is 0 Å². The first-order chi connectivity index (χ1) is 13.4. The lowest BCUT2D eigenvalue weighted by Gasteiger charge is -2.23. The van der Waals surface area contributed by atoms with Crippen LogP contribution in [-0.4, -0.2) is 48.6 Å². The third-order valence-corrected chi connectivity index (χ3v) is 4.66. The van der Waals surface area contributed by atoms with E-state index in [1.807, 2.05) is 31.2 Å². The molecule has 0 heterocycles. The Morgan fingerprint density at radius 2 is 1.89 bits per heavy atom. The first-order valence-electron chi connectivity index (χ1n) is 9.38. The number of amides is 2. The maximum atomic E-state index is 12.8. The minimum absolute atomic E-state index is 0.127. The van der Waals surface area contributed by atoms with Crippen LogP contribution < -0.4 is 10.1 Å². The van der Waals surface area contributed by atoms with Crippen LogP contribution in [0.5, 0.6) is 5.75 Å². The highest BCUT2D eigenvalue weighted by Crippen LogP contribution is 2.28. The molecule has 0 aliphatic heterocycles. The highest BCUT2D eigenvalue weighted by Gasteiger charge is 2.22. The van der Waals surface area contributed by atoms with Crippen molar-refractivity contribution in [2.75, 3.05) is 20.7 Å². The Morgan fingerprint density at radius 1 is 1.18 bits per heavy atom. The fourth-order valence-corrected chi connectivity index (χ4v) is 2.83. The van der Waals surface area contributed by atoms with Gasteiger partial charge in [0.2, 0.25) is 5.91 Å². The zero-order valence-electron chi connectivity index (χ0n) is 16.9. The molecule has 2 aromatic carbocycles. The molecule has 0 radical (unpaired) electrons. The normalized spacial score (nSPS) is 11.6. The van der Waals surface area contributed by atoms with Gasteiger partial charge in [0.25, 0.3) is 5.91 Å². The Morgan fingerprint density at radius 3 is 2.54 bits per heavy atom. The third kappa shape index (κ3) is 4.89. The van der Waals surface area contributed by atoms with Crippen molar-refractivity contribution >= 4 is 11.8 Å². The average Bonchev–Trinajstić information content (AvgIpc) is 2.75. The average molecular weight is 384 g/mol. The number of aliphatic hydroxyl groups excluding tert-OH is 1. The topological polar surface area (TPSA) is 78.9 Å². The predicted octanol–water partition coefficient (Wildman–Crippen LogP) is 2.84. The molecule has 0 aromatic heterocycles. The molecule has 2 N–H and O–H groups in total. The predicted molar refractivity (Wildman–Crippen MR) is 109 cm³/mol. The maximum Gasteiger partial charge on any atom is 0.254 e. The van der Waals surface area contributed by atoms with Gasteiger partial charge in [-0.1, -0.05) is 25.1 Å². The number of carbonyl (C=O) groups is 2. The summed E-state index contributed by atoms with van der Waals surface area (Å²) >= 11 is 0. The van der Waals surface area contributed by atoms with Crippen LogP contribution >= 0.6 is 0 Å². The van der Waals surface area contributed by atoms with Gasteiger partial charge >= 0.3 is 0 Å². The van der Waals surface area contributed by atoms with Crippen LogP contribution in [0.2, 0.25) is 0 Å². The van der Waals surface area contributed by atoms with E-state index in [1.165, 1.54) is 4.90 Å². The zero-order chi connectivity index (χ0) is 20.7. The number of nitrogens with one attached hydrogen (secondary N) is 1. The van der Waals surface area contributed by atoms with Crippen LogP contribution in [0.1, 0.15) is 36.2 Å². The molecule has 2 aromatic rings. The van der Waals surface area contributed by atoms with E-state index in [4.69, 9.17) is 4.74 Å². The Labute approximate surface area is 166 Å². The molecule has 0 fully saturated rings. The van der Waals surface area contributed by atoms with E-state index in [0.717, 1.165) is 17.5 Å². The number of aliphatic hydroxyl groups is 1. The van der Waals surface area contributed by atoms with E-state index in [2.05, 4.69) is 5.32 Å². The number of likely N-dealkylation sites (N-methyl/N-ethyl adjacent to an activating group) is 2. The van der Waals surface area contributed by atoms with Crippen molar-refractivity contribution in [3.8, 4) is 16.9 Å². The lowest BCUT2D eigenvalue weighted by Crippen LogP contribution is -2.44. The number of carbonyl (C=O) groups excluding carboxylic acids is 2. The molecular weight excluding hydrogens is 356 g/mol. The largest absolute Gasteiger partial charge is 0.493 e. The smallest absolute Gasteiger partial charge is 0.254 e. The van der Waals surface area contributed by atoms with Crippen LogP contribution in [0.4, 0.5) is 0 Å². The van der Waals surface area contributed by atoms with Gasteiger partial charge in [-0.15, -0.1) is 0 Å². The van der Waals surface area contributed by atoms with Crippen molar-refractivity contribution in [1.82, 2.24) is 10.2 Å². The fraction of sp³-hybridized carbons (Fsp3) is 0.364.